The second-order valence-corrected chi connectivity index (χ2v) is 19.9. The highest BCUT2D eigenvalue weighted by Crippen LogP contribution is 2.52. The minimum absolute atomic E-state index is 0.818. The Morgan fingerprint density at radius 2 is 0.277 bits per heavy atom. The number of benzene rings is 12. The molecule has 12 aromatic carbocycles. The van der Waals surface area contributed by atoms with Gasteiger partial charge in [-0.25, -0.2) is 0 Å². The molecule has 0 aliphatic carbocycles. The molecule has 0 saturated heterocycles. The molecular formula is C76H58N6O. The van der Waals surface area contributed by atoms with Gasteiger partial charge in [-0.15, -0.1) is 0 Å². The van der Waals surface area contributed by atoms with E-state index >= 15 is 0 Å². The van der Waals surface area contributed by atoms with Gasteiger partial charge in [-0.2, -0.15) is 0 Å². The molecule has 0 N–H and O–H groups in total. The number of anilines is 18. The number of nitrogens with zero attached hydrogens (tertiary/aromatic N) is 6. The van der Waals surface area contributed by atoms with Gasteiger partial charge in [0.2, 0.25) is 0 Å². The minimum Gasteiger partial charge on any atom is -0.468 e. The molecule has 0 bridgehead atoms. The zero-order chi connectivity index (χ0) is 55.6. The Kier molecular flexibility index (Phi) is 14.8. The van der Waals surface area contributed by atoms with Crippen molar-refractivity contribution < 1.29 is 4.42 Å². The first kappa shape index (κ1) is 51.2. The predicted molar refractivity (Wildman–Crippen MR) is 347 cm³/mol. The van der Waals surface area contributed by atoms with Crippen molar-refractivity contribution in [2.24, 2.45) is 0 Å². The second kappa shape index (κ2) is 24.0. The molecule has 0 aliphatic rings. The van der Waals surface area contributed by atoms with Crippen LogP contribution in [0.3, 0.4) is 0 Å². The van der Waals surface area contributed by atoms with Gasteiger partial charge < -0.3 is 33.8 Å². The standard InChI is InChI=1S/C76H58N6O/c1-11-31-59(32-12-1)77(60-33-13-2-14-34-60)69-51-70(78(61-35-15-3-16-36-61)62-37-17-4-18-38-62)54-73(53-69)81(67-47-27-9-28-48-67)75-57-83-58-76(75)82(68-49-29-10-30-50-68)74-55-71(79(63-39-19-5-20-40-63)64-41-21-6-22-42-64)52-72(56-74)80(65-43-23-7-24-44-65)66-45-25-8-26-46-66/h1-58H. The van der Waals surface area contributed by atoms with Gasteiger partial charge in [0.05, 0.1) is 34.1 Å². The van der Waals surface area contributed by atoms with Crippen LogP contribution in [-0.2, 0) is 0 Å². The summed E-state index contributed by atoms with van der Waals surface area (Å²) in [6, 6.07) is 120. The Morgan fingerprint density at radius 1 is 0.145 bits per heavy atom. The van der Waals surface area contributed by atoms with Gasteiger partial charge >= 0.3 is 0 Å². The van der Waals surface area contributed by atoms with Crippen molar-refractivity contribution >= 4 is 102 Å². The van der Waals surface area contributed by atoms with E-state index in [1.54, 1.807) is 0 Å². The first-order chi connectivity index (χ1) is 41.2. The predicted octanol–water partition coefficient (Wildman–Crippen LogP) is 22.1. The smallest absolute Gasteiger partial charge is 0.117 e. The summed E-state index contributed by atoms with van der Waals surface area (Å²) in [6.45, 7) is 0. The summed E-state index contributed by atoms with van der Waals surface area (Å²) in [5, 5.41) is 0. The van der Waals surface area contributed by atoms with Crippen molar-refractivity contribution in [2.75, 3.05) is 29.4 Å². The Balaban J connectivity index is 1.08. The van der Waals surface area contributed by atoms with Crippen molar-refractivity contribution in [3.8, 4) is 0 Å². The number of hydrogen-bond donors (Lipinski definition) is 0. The monoisotopic (exact) mass is 1070 g/mol. The molecule has 0 atom stereocenters. The van der Waals surface area contributed by atoms with Crippen molar-refractivity contribution in [3.05, 3.63) is 352 Å². The van der Waals surface area contributed by atoms with Crippen LogP contribution in [0.1, 0.15) is 0 Å². The van der Waals surface area contributed by atoms with E-state index in [2.05, 4.69) is 369 Å². The Hall–Kier alpha value is -11.3. The summed E-state index contributed by atoms with van der Waals surface area (Å²) in [5.41, 5.74) is 17.3. The first-order valence-electron chi connectivity index (χ1n) is 27.9. The molecule has 0 radical (unpaired) electrons. The van der Waals surface area contributed by atoms with Crippen LogP contribution in [0, 0.1) is 0 Å². The van der Waals surface area contributed by atoms with E-state index in [-0.39, 0.29) is 0 Å². The Bertz CT molecular complexity index is 3510. The minimum atomic E-state index is 0.818. The number of para-hydroxylation sites is 10. The fourth-order valence-corrected chi connectivity index (χ4v) is 11.0. The summed E-state index contributed by atoms with van der Waals surface area (Å²) >= 11 is 0. The molecule has 1 aromatic heterocycles. The lowest BCUT2D eigenvalue weighted by Gasteiger charge is -2.34. The maximum atomic E-state index is 6.63. The van der Waals surface area contributed by atoms with E-state index in [0.717, 1.165) is 102 Å². The van der Waals surface area contributed by atoms with Crippen LogP contribution in [0.25, 0.3) is 0 Å². The van der Waals surface area contributed by atoms with Gasteiger partial charge in [0, 0.05) is 56.9 Å². The summed E-state index contributed by atoms with van der Waals surface area (Å²) < 4.78 is 6.63. The van der Waals surface area contributed by atoms with Crippen LogP contribution in [-0.4, -0.2) is 0 Å². The first-order valence-corrected chi connectivity index (χ1v) is 27.9. The van der Waals surface area contributed by atoms with Gasteiger partial charge in [0.25, 0.3) is 0 Å². The maximum absolute atomic E-state index is 6.63. The van der Waals surface area contributed by atoms with Crippen LogP contribution < -0.4 is 29.4 Å². The van der Waals surface area contributed by atoms with Crippen molar-refractivity contribution in [1.29, 1.82) is 0 Å². The Labute approximate surface area is 485 Å². The summed E-state index contributed by atoms with van der Waals surface area (Å²) in [6.07, 6.45) is 3.77. The molecule has 0 amide bonds. The van der Waals surface area contributed by atoms with Crippen molar-refractivity contribution in [1.82, 2.24) is 0 Å². The van der Waals surface area contributed by atoms with Crippen LogP contribution in [0.15, 0.2) is 357 Å². The molecule has 0 spiro atoms. The number of rotatable bonds is 18. The number of hydrogen-bond acceptors (Lipinski definition) is 7. The molecule has 13 aromatic rings. The SMILES string of the molecule is c1ccc(N(c2ccccc2)c2cc(N(c3ccccc3)c3ccccc3)cc(N(c3ccccc3)c3cocc3N(c3ccccc3)c3cc(N(c4ccccc4)c4ccccc4)cc(N(c4ccccc4)c4ccccc4)c3)c2)cc1. The fourth-order valence-electron chi connectivity index (χ4n) is 11.0. The van der Waals surface area contributed by atoms with Crippen LogP contribution >= 0.6 is 0 Å². The average molecular weight is 1070 g/mol. The summed E-state index contributed by atoms with van der Waals surface area (Å²) in [7, 11) is 0. The van der Waals surface area contributed by atoms with E-state index in [9.17, 15) is 0 Å². The van der Waals surface area contributed by atoms with Gasteiger partial charge in [-0.1, -0.05) is 182 Å². The zero-order valence-corrected chi connectivity index (χ0v) is 45.6. The van der Waals surface area contributed by atoms with E-state index in [0.29, 0.717) is 0 Å². The molecule has 83 heavy (non-hydrogen) atoms. The van der Waals surface area contributed by atoms with E-state index < -0.39 is 0 Å². The van der Waals surface area contributed by atoms with Gasteiger partial charge in [-0.05, 0) is 158 Å². The summed E-state index contributed by atoms with van der Waals surface area (Å²) in [4.78, 5) is 14.0. The lowest BCUT2D eigenvalue weighted by Crippen LogP contribution is -2.19. The quantitative estimate of drug-likeness (QED) is 0.0847. The zero-order valence-electron chi connectivity index (χ0n) is 45.6. The van der Waals surface area contributed by atoms with E-state index in [4.69, 9.17) is 4.42 Å². The van der Waals surface area contributed by atoms with Gasteiger partial charge in [0.15, 0.2) is 0 Å². The highest BCUT2D eigenvalue weighted by atomic mass is 16.3. The highest BCUT2D eigenvalue weighted by molar-refractivity contribution is 5.96. The van der Waals surface area contributed by atoms with E-state index in [1.165, 1.54) is 0 Å². The Morgan fingerprint density at radius 3 is 0.434 bits per heavy atom. The third-order valence-electron chi connectivity index (χ3n) is 14.6. The fraction of sp³-hybridized carbons (Fsp3) is 0. The third-order valence-corrected chi connectivity index (χ3v) is 14.6. The van der Waals surface area contributed by atoms with Crippen LogP contribution in [0.2, 0.25) is 0 Å². The van der Waals surface area contributed by atoms with Crippen molar-refractivity contribution in [2.45, 2.75) is 0 Å². The molecule has 398 valence electrons. The lowest BCUT2D eigenvalue weighted by molar-refractivity contribution is 0.568. The van der Waals surface area contributed by atoms with E-state index in [1.807, 2.05) is 12.5 Å². The van der Waals surface area contributed by atoms with Crippen molar-refractivity contribution in [3.63, 3.8) is 0 Å². The highest BCUT2D eigenvalue weighted by Gasteiger charge is 2.29. The molecule has 7 nitrogen and oxygen atoms in total. The molecule has 0 fully saturated rings. The van der Waals surface area contributed by atoms with Gasteiger partial charge in [-0.3, -0.25) is 0 Å². The molecule has 0 aliphatic heterocycles. The molecule has 7 heteroatoms. The topological polar surface area (TPSA) is 32.6 Å². The third kappa shape index (κ3) is 10.9. The molecule has 1 heterocycles. The molecule has 0 saturated carbocycles. The normalized spacial score (nSPS) is 10.9. The maximum Gasteiger partial charge on any atom is 0.117 e. The van der Waals surface area contributed by atoms with Crippen LogP contribution in [0.5, 0.6) is 0 Å². The lowest BCUT2D eigenvalue weighted by atomic mass is 10.1. The van der Waals surface area contributed by atoms with Gasteiger partial charge in [0.1, 0.15) is 23.9 Å². The molecule has 0 unspecified atom stereocenters. The second-order valence-electron chi connectivity index (χ2n) is 19.9. The number of furan rings is 1. The molecular weight excluding hydrogens is 1010 g/mol. The largest absolute Gasteiger partial charge is 0.468 e. The van der Waals surface area contributed by atoms with Crippen LogP contribution in [0.4, 0.5) is 102 Å². The average Bonchev–Trinajstić information content (AvgIpc) is 4.22. The summed E-state index contributed by atoms with van der Waals surface area (Å²) in [5.74, 6) is 0. The molecule has 13 rings (SSSR count).